The number of benzene rings is 1. The number of nitrogens with zero attached hydrogens (tertiary/aromatic N) is 1. The molecule has 1 aromatic rings. The molecule has 24 heavy (non-hydrogen) atoms. The van der Waals surface area contributed by atoms with E-state index in [-0.39, 0.29) is 22.1 Å². The Morgan fingerprint density at radius 3 is 2.38 bits per heavy atom. The minimum atomic E-state index is -4.43. The van der Waals surface area contributed by atoms with Crippen molar-refractivity contribution in [3.63, 3.8) is 0 Å². The zero-order valence-electron chi connectivity index (χ0n) is 14.2. The highest BCUT2D eigenvalue weighted by Gasteiger charge is 2.32. The molecule has 0 aromatic heterocycles. The summed E-state index contributed by atoms with van der Waals surface area (Å²) in [6, 6.07) is 3.57. The molecule has 1 saturated heterocycles. The molecule has 134 valence electrons. The second kappa shape index (κ2) is 7.25. The monoisotopic (exact) mass is 360 g/mol. The Bertz CT molecular complexity index is 590. The number of alkyl halides is 3. The number of carbonyl (C=O) groups is 1. The Kier molecular flexibility index (Phi) is 5.73. The van der Waals surface area contributed by atoms with Gasteiger partial charge in [0.15, 0.2) is 0 Å². The molecule has 1 heterocycles. The summed E-state index contributed by atoms with van der Waals surface area (Å²) in [5.74, 6) is -0.0752. The van der Waals surface area contributed by atoms with E-state index in [1.54, 1.807) is 0 Å². The van der Waals surface area contributed by atoms with Gasteiger partial charge < -0.3 is 10.2 Å². The van der Waals surface area contributed by atoms with Gasteiger partial charge in [0.25, 0.3) is 0 Å². The summed E-state index contributed by atoms with van der Waals surface area (Å²) in [4.78, 5) is 14.2. The first kappa shape index (κ1) is 19.0. The number of rotatable bonds is 4. The second-order valence-corrected chi connectivity index (χ2v) is 8.68. The molecule has 7 heteroatoms. The van der Waals surface area contributed by atoms with Gasteiger partial charge in [-0.25, -0.2) is 0 Å². The molecule has 0 radical (unpaired) electrons. The molecule has 1 fully saturated rings. The van der Waals surface area contributed by atoms with E-state index in [0.717, 1.165) is 38.1 Å². The van der Waals surface area contributed by atoms with Crippen LogP contribution in [0.15, 0.2) is 18.2 Å². The molecular formula is C17H23F3N2OS. The Balaban J connectivity index is 2.21. The molecule has 0 unspecified atom stereocenters. The van der Waals surface area contributed by atoms with Gasteiger partial charge in [-0.2, -0.15) is 13.2 Å². The fourth-order valence-corrected chi connectivity index (χ4v) is 3.15. The van der Waals surface area contributed by atoms with Crippen LogP contribution in [0.2, 0.25) is 0 Å². The Morgan fingerprint density at radius 1 is 1.21 bits per heavy atom. The Morgan fingerprint density at radius 2 is 1.83 bits per heavy atom. The lowest BCUT2D eigenvalue weighted by Crippen LogP contribution is -2.23. The first-order valence-corrected chi connectivity index (χ1v) is 8.95. The van der Waals surface area contributed by atoms with Gasteiger partial charge >= 0.3 is 6.18 Å². The van der Waals surface area contributed by atoms with Crippen molar-refractivity contribution in [1.29, 1.82) is 0 Å². The second-order valence-electron chi connectivity index (χ2n) is 6.87. The molecule has 1 N–H and O–H groups in total. The zero-order valence-corrected chi connectivity index (χ0v) is 15.0. The Hall–Kier alpha value is -1.37. The number of nitrogens with one attached hydrogen (secondary N) is 1. The standard InChI is InChI=1S/C17H23F3N2OS/c1-16(2,3)24-11-15(23)21-13-10-12(17(18,19)20)6-7-14(13)22-8-4-5-9-22/h6-7,10H,4-5,8-9,11H2,1-3H3,(H,21,23). The van der Waals surface area contributed by atoms with Crippen LogP contribution < -0.4 is 10.2 Å². The number of anilines is 2. The summed E-state index contributed by atoms with van der Waals surface area (Å²) in [7, 11) is 0. The van der Waals surface area contributed by atoms with Crippen molar-refractivity contribution in [2.45, 2.75) is 44.5 Å². The average molecular weight is 360 g/mol. The highest BCUT2D eigenvalue weighted by molar-refractivity contribution is 8.01. The predicted octanol–water partition coefficient (Wildman–Crippen LogP) is 4.78. The minimum Gasteiger partial charge on any atom is -0.370 e. The Labute approximate surface area is 145 Å². The minimum absolute atomic E-state index is 0.0804. The molecule has 0 aliphatic carbocycles. The largest absolute Gasteiger partial charge is 0.416 e. The van der Waals surface area contributed by atoms with Crippen LogP contribution in [0.3, 0.4) is 0 Å². The summed E-state index contributed by atoms with van der Waals surface area (Å²) in [6.07, 6.45) is -2.41. The van der Waals surface area contributed by atoms with Crippen molar-refractivity contribution in [3.05, 3.63) is 23.8 Å². The van der Waals surface area contributed by atoms with Gasteiger partial charge in [0, 0.05) is 17.8 Å². The lowest BCUT2D eigenvalue weighted by atomic mass is 10.1. The van der Waals surface area contributed by atoms with E-state index in [1.165, 1.54) is 17.8 Å². The highest BCUT2D eigenvalue weighted by atomic mass is 32.2. The van der Waals surface area contributed by atoms with E-state index >= 15 is 0 Å². The van der Waals surface area contributed by atoms with Crippen LogP contribution in [0.25, 0.3) is 0 Å². The van der Waals surface area contributed by atoms with Gasteiger partial charge in [-0.05, 0) is 31.0 Å². The van der Waals surface area contributed by atoms with Gasteiger partial charge in [0.2, 0.25) is 5.91 Å². The van der Waals surface area contributed by atoms with Gasteiger partial charge in [0.05, 0.1) is 22.7 Å². The van der Waals surface area contributed by atoms with E-state index in [4.69, 9.17) is 0 Å². The summed E-state index contributed by atoms with van der Waals surface area (Å²) >= 11 is 1.46. The summed E-state index contributed by atoms with van der Waals surface area (Å²) in [5.41, 5.74) is 0.157. The molecule has 0 atom stereocenters. The number of carbonyl (C=O) groups excluding carboxylic acids is 1. The number of thioether (sulfide) groups is 1. The molecular weight excluding hydrogens is 337 g/mol. The normalized spacial score (nSPS) is 15.7. The zero-order chi connectivity index (χ0) is 18.0. The topological polar surface area (TPSA) is 32.3 Å². The lowest BCUT2D eigenvalue weighted by Gasteiger charge is -2.23. The molecule has 0 spiro atoms. The third-order valence-electron chi connectivity index (χ3n) is 3.68. The van der Waals surface area contributed by atoms with Gasteiger partial charge in [-0.1, -0.05) is 20.8 Å². The van der Waals surface area contributed by atoms with E-state index in [0.29, 0.717) is 5.69 Å². The molecule has 1 aromatic carbocycles. The molecule has 0 bridgehead atoms. The van der Waals surface area contributed by atoms with Crippen LogP contribution in [0.5, 0.6) is 0 Å². The number of amides is 1. The maximum Gasteiger partial charge on any atom is 0.416 e. The van der Waals surface area contributed by atoms with E-state index < -0.39 is 11.7 Å². The van der Waals surface area contributed by atoms with Gasteiger partial charge in [-0.3, -0.25) is 4.79 Å². The molecule has 1 aliphatic heterocycles. The van der Waals surface area contributed by atoms with E-state index in [9.17, 15) is 18.0 Å². The SMILES string of the molecule is CC(C)(C)SCC(=O)Nc1cc(C(F)(F)F)ccc1N1CCCC1. The van der Waals surface area contributed by atoms with Crippen molar-refractivity contribution < 1.29 is 18.0 Å². The van der Waals surface area contributed by atoms with Crippen molar-refractivity contribution in [2.24, 2.45) is 0 Å². The average Bonchev–Trinajstić information content (AvgIpc) is 2.97. The first-order valence-electron chi connectivity index (χ1n) is 7.96. The van der Waals surface area contributed by atoms with Crippen molar-refractivity contribution >= 4 is 29.0 Å². The van der Waals surface area contributed by atoms with Gasteiger partial charge in [-0.15, -0.1) is 11.8 Å². The molecule has 1 aliphatic rings. The van der Waals surface area contributed by atoms with Crippen molar-refractivity contribution in [1.82, 2.24) is 0 Å². The fourth-order valence-electron chi connectivity index (χ4n) is 2.51. The van der Waals surface area contributed by atoms with Crippen molar-refractivity contribution in [2.75, 3.05) is 29.1 Å². The lowest BCUT2D eigenvalue weighted by molar-refractivity contribution is -0.137. The maximum absolute atomic E-state index is 13.0. The van der Waals surface area contributed by atoms with E-state index in [2.05, 4.69) is 5.32 Å². The highest BCUT2D eigenvalue weighted by Crippen LogP contribution is 2.36. The van der Waals surface area contributed by atoms with Crippen LogP contribution in [0, 0.1) is 0 Å². The first-order chi connectivity index (χ1) is 11.1. The third-order valence-corrected chi connectivity index (χ3v) is 4.95. The number of hydrogen-bond acceptors (Lipinski definition) is 3. The van der Waals surface area contributed by atoms with Gasteiger partial charge in [0.1, 0.15) is 0 Å². The summed E-state index contributed by atoms with van der Waals surface area (Å²) in [5, 5.41) is 2.67. The smallest absolute Gasteiger partial charge is 0.370 e. The predicted molar refractivity (Wildman–Crippen MR) is 93.7 cm³/mol. The third kappa shape index (κ3) is 5.33. The van der Waals surface area contributed by atoms with Crippen LogP contribution in [0.1, 0.15) is 39.2 Å². The molecule has 0 saturated carbocycles. The fraction of sp³-hybridized carbons (Fsp3) is 0.588. The van der Waals surface area contributed by atoms with Crippen LogP contribution in [-0.2, 0) is 11.0 Å². The summed E-state index contributed by atoms with van der Waals surface area (Å²) in [6.45, 7) is 7.57. The molecule has 3 nitrogen and oxygen atoms in total. The molecule has 1 amide bonds. The van der Waals surface area contributed by atoms with Crippen LogP contribution in [-0.4, -0.2) is 29.5 Å². The molecule has 2 rings (SSSR count). The number of halogens is 3. The van der Waals surface area contributed by atoms with Crippen LogP contribution >= 0.6 is 11.8 Å². The maximum atomic E-state index is 13.0. The van der Waals surface area contributed by atoms with E-state index in [1.807, 2.05) is 25.7 Å². The summed E-state index contributed by atoms with van der Waals surface area (Å²) < 4.78 is 38.9. The number of hydrogen-bond donors (Lipinski definition) is 1. The quantitative estimate of drug-likeness (QED) is 0.839. The van der Waals surface area contributed by atoms with Crippen molar-refractivity contribution in [3.8, 4) is 0 Å². The van der Waals surface area contributed by atoms with Crippen LogP contribution in [0.4, 0.5) is 24.5 Å².